The highest BCUT2D eigenvalue weighted by Crippen LogP contribution is 2.32. The Morgan fingerprint density at radius 3 is 1.74 bits per heavy atom. The number of esters is 1. The third kappa shape index (κ3) is 5.44. The molecule has 1 aliphatic heterocycles. The summed E-state index contributed by atoms with van der Waals surface area (Å²) >= 11 is 0. The molecule has 112 valence electrons. The van der Waals surface area contributed by atoms with Crippen LogP contribution in [0.25, 0.3) is 0 Å². The van der Waals surface area contributed by atoms with Crippen LogP contribution >= 0.6 is 0 Å². The molecular formula is C13H24O6. The van der Waals surface area contributed by atoms with Gasteiger partial charge in [-0.1, -0.05) is 0 Å². The second-order valence-corrected chi connectivity index (χ2v) is 6.24. The first-order chi connectivity index (χ1) is 8.58. The van der Waals surface area contributed by atoms with Crippen molar-refractivity contribution in [2.75, 3.05) is 7.11 Å². The zero-order valence-corrected chi connectivity index (χ0v) is 12.6. The molecule has 0 spiro atoms. The van der Waals surface area contributed by atoms with Crippen LogP contribution in [0.5, 0.6) is 0 Å². The molecule has 0 aliphatic carbocycles. The van der Waals surface area contributed by atoms with Gasteiger partial charge in [-0.3, -0.25) is 4.79 Å². The molecule has 1 heterocycles. The Hall–Kier alpha value is -0.690. The van der Waals surface area contributed by atoms with Crippen molar-refractivity contribution in [3.05, 3.63) is 0 Å². The lowest BCUT2D eigenvalue weighted by atomic mass is 9.94. The average Bonchev–Trinajstić information content (AvgIpc) is 2.35. The topological polar surface area (TPSA) is 63.2 Å². The molecule has 0 atom stereocenters. The summed E-state index contributed by atoms with van der Waals surface area (Å²) in [6, 6.07) is 0. The summed E-state index contributed by atoms with van der Waals surface area (Å²) in [4.78, 5) is 32.7. The van der Waals surface area contributed by atoms with Gasteiger partial charge in [-0.05, 0) is 47.5 Å². The minimum absolute atomic E-state index is 0.129. The molecular weight excluding hydrogens is 252 g/mol. The molecule has 6 heteroatoms. The Balaban J connectivity index is 2.84. The summed E-state index contributed by atoms with van der Waals surface area (Å²) in [5, 5.41) is 0. The van der Waals surface area contributed by atoms with Crippen molar-refractivity contribution < 1.29 is 29.1 Å². The first-order valence-corrected chi connectivity index (χ1v) is 6.38. The van der Waals surface area contributed by atoms with E-state index >= 15 is 0 Å². The van der Waals surface area contributed by atoms with Gasteiger partial charge in [-0.25, -0.2) is 9.78 Å². The molecule has 0 radical (unpaired) electrons. The smallest absolute Gasteiger partial charge is 0.311 e. The van der Waals surface area contributed by atoms with Crippen molar-refractivity contribution in [1.82, 2.24) is 0 Å². The van der Waals surface area contributed by atoms with E-state index in [0.29, 0.717) is 0 Å². The largest absolute Gasteiger partial charge is 0.469 e. The molecule has 19 heavy (non-hydrogen) atoms. The van der Waals surface area contributed by atoms with Gasteiger partial charge in [0.2, 0.25) is 5.79 Å². The Kier molecular flexibility index (Phi) is 4.95. The Morgan fingerprint density at radius 1 is 0.947 bits per heavy atom. The maximum atomic E-state index is 11.4. The van der Waals surface area contributed by atoms with Gasteiger partial charge in [0, 0.05) is 0 Å². The monoisotopic (exact) mass is 276 g/mol. The van der Waals surface area contributed by atoms with Gasteiger partial charge in [-0.2, -0.15) is 9.78 Å². The first kappa shape index (κ1) is 16.4. The predicted octanol–water partition coefficient (Wildman–Crippen LogP) is 2.51. The third-order valence-electron chi connectivity index (χ3n) is 2.91. The van der Waals surface area contributed by atoms with Crippen molar-refractivity contribution in [3.8, 4) is 0 Å². The standard InChI is InChI=1S/C13H24O6/c1-11(2)7-8-12(3,4)17-19-13(5,18-16-11)9-10(14)15-6/h7-9H2,1-6H3. The summed E-state index contributed by atoms with van der Waals surface area (Å²) in [7, 11) is 1.30. The predicted molar refractivity (Wildman–Crippen MR) is 66.8 cm³/mol. The molecule has 0 saturated carbocycles. The zero-order valence-electron chi connectivity index (χ0n) is 12.6. The van der Waals surface area contributed by atoms with Gasteiger partial charge in [0.1, 0.15) is 6.42 Å². The number of rotatable bonds is 2. The molecule has 0 bridgehead atoms. The van der Waals surface area contributed by atoms with Crippen LogP contribution in [0, 0.1) is 0 Å². The van der Waals surface area contributed by atoms with Crippen LogP contribution in [-0.4, -0.2) is 30.1 Å². The number of hydrogen-bond donors (Lipinski definition) is 0. The van der Waals surface area contributed by atoms with Gasteiger partial charge in [0.05, 0.1) is 18.3 Å². The lowest BCUT2D eigenvalue weighted by Crippen LogP contribution is -2.39. The molecule has 1 rings (SSSR count). The van der Waals surface area contributed by atoms with Crippen LogP contribution in [0.2, 0.25) is 0 Å². The SMILES string of the molecule is COC(=O)CC1(C)OOC(C)(C)CCC(C)(C)OO1. The van der Waals surface area contributed by atoms with Crippen LogP contribution < -0.4 is 0 Å². The normalized spacial score (nSPS) is 25.8. The molecule has 0 unspecified atom stereocenters. The fourth-order valence-corrected chi connectivity index (χ4v) is 1.49. The van der Waals surface area contributed by atoms with E-state index < -0.39 is 23.0 Å². The third-order valence-corrected chi connectivity index (χ3v) is 2.91. The lowest BCUT2D eigenvalue weighted by Gasteiger charge is -2.30. The van der Waals surface area contributed by atoms with E-state index in [4.69, 9.17) is 19.6 Å². The fourth-order valence-electron chi connectivity index (χ4n) is 1.49. The number of carbonyl (C=O) groups excluding carboxylic acids is 1. The molecule has 1 saturated heterocycles. The first-order valence-electron chi connectivity index (χ1n) is 6.38. The molecule has 6 nitrogen and oxygen atoms in total. The molecule has 0 aromatic heterocycles. The van der Waals surface area contributed by atoms with E-state index in [1.165, 1.54) is 7.11 Å². The lowest BCUT2D eigenvalue weighted by molar-refractivity contribution is -0.530. The maximum Gasteiger partial charge on any atom is 0.311 e. The van der Waals surface area contributed by atoms with E-state index in [9.17, 15) is 4.79 Å². The van der Waals surface area contributed by atoms with Crippen LogP contribution in [0.3, 0.4) is 0 Å². The highest BCUT2D eigenvalue weighted by molar-refractivity contribution is 5.70. The summed E-state index contributed by atoms with van der Waals surface area (Å²) in [5.41, 5.74) is -0.989. The minimum atomic E-state index is -1.34. The molecule has 0 aromatic carbocycles. The van der Waals surface area contributed by atoms with Crippen molar-refractivity contribution in [2.24, 2.45) is 0 Å². The Labute approximate surface area is 114 Å². The number of carbonyl (C=O) groups is 1. The van der Waals surface area contributed by atoms with Crippen molar-refractivity contribution in [3.63, 3.8) is 0 Å². The molecule has 1 fully saturated rings. The molecule has 0 amide bonds. The Morgan fingerprint density at radius 2 is 1.37 bits per heavy atom. The second-order valence-electron chi connectivity index (χ2n) is 6.24. The van der Waals surface area contributed by atoms with Gasteiger partial charge >= 0.3 is 5.97 Å². The van der Waals surface area contributed by atoms with Crippen LogP contribution in [0.4, 0.5) is 0 Å². The molecule has 1 aliphatic rings. The number of hydrogen-bond acceptors (Lipinski definition) is 6. The summed E-state index contributed by atoms with van der Waals surface area (Å²) in [5.74, 6) is -1.81. The summed E-state index contributed by atoms with van der Waals surface area (Å²) in [6.45, 7) is 9.21. The summed E-state index contributed by atoms with van der Waals surface area (Å²) in [6.07, 6.45) is 1.34. The van der Waals surface area contributed by atoms with Gasteiger partial charge < -0.3 is 4.74 Å². The van der Waals surface area contributed by atoms with E-state index in [2.05, 4.69) is 4.74 Å². The summed E-state index contributed by atoms with van der Waals surface area (Å²) < 4.78 is 4.62. The van der Waals surface area contributed by atoms with Crippen LogP contribution in [0.15, 0.2) is 0 Å². The highest BCUT2D eigenvalue weighted by atomic mass is 17.3. The number of methoxy groups -OCH3 is 1. The number of ether oxygens (including phenoxy) is 1. The van der Waals surface area contributed by atoms with E-state index in [1.54, 1.807) is 6.92 Å². The zero-order chi connectivity index (χ0) is 14.7. The van der Waals surface area contributed by atoms with E-state index in [-0.39, 0.29) is 6.42 Å². The maximum absolute atomic E-state index is 11.4. The molecule has 0 aromatic rings. The van der Waals surface area contributed by atoms with Gasteiger partial charge in [0.15, 0.2) is 0 Å². The van der Waals surface area contributed by atoms with Crippen LogP contribution in [0.1, 0.15) is 53.9 Å². The van der Waals surface area contributed by atoms with Crippen molar-refractivity contribution >= 4 is 5.97 Å². The average molecular weight is 276 g/mol. The Bertz CT molecular complexity index is 303. The van der Waals surface area contributed by atoms with Crippen molar-refractivity contribution in [2.45, 2.75) is 70.9 Å². The van der Waals surface area contributed by atoms with Crippen molar-refractivity contribution in [1.29, 1.82) is 0 Å². The van der Waals surface area contributed by atoms with Gasteiger partial charge in [0.25, 0.3) is 0 Å². The quantitative estimate of drug-likeness (QED) is 0.570. The van der Waals surface area contributed by atoms with E-state index in [0.717, 1.165) is 12.8 Å². The highest BCUT2D eigenvalue weighted by Gasteiger charge is 2.40. The van der Waals surface area contributed by atoms with Gasteiger partial charge in [-0.15, -0.1) is 0 Å². The fraction of sp³-hybridized carbons (Fsp3) is 0.923. The van der Waals surface area contributed by atoms with Crippen LogP contribution in [-0.2, 0) is 29.1 Å². The molecule has 0 N–H and O–H groups in total. The minimum Gasteiger partial charge on any atom is -0.469 e. The second kappa shape index (κ2) is 5.75. The van der Waals surface area contributed by atoms with E-state index in [1.807, 2.05) is 27.7 Å².